The van der Waals surface area contributed by atoms with E-state index in [4.69, 9.17) is 19.2 Å². The van der Waals surface area contributed by atoms with Gasteiger partial charge in [-0.1, -0.05) is 23.8 Å². The lowest BCUT2D eigenvalue weighted by Crippen LogP contribution is -2.40. The highest BCUT2D eigenvalue weighted by molar-refractivity contribution is 7.14. The van der Waals surface area contributed by atoms with Gasteiger partial charge in [0.15, 0.2) is 5.13 Å². The number of carbonyl (C=O) groups excluding carboxylic acids is 2. The van der Waals surface area contributed by atoms with Gasteiger partial charge in [0, 0.05) is 37.1 Å². The molecule has 0 spiro atoms. The van der Waals surface area contributed by atoms with Crippen molar-refractivity contribution in [2.45, 2.75) is 66.2 Å². The first-order valence-corrected chi connectivity index (χ1v) is 15.5. The zero-order valence-corrected chi connectivity index (χ0v) is 26.1. The molecule has 2 aromatic carbocycles. The summed E-state index contributed by atoms with van der Waals surface area (Å²) < 4.78 is 17.1. The third-order valence-electron chi connectivity index (χ3n) is 8.75. The van der Waals surface area contributed by atoms with Crippen molar-refractivity contribution in [2.24, 2.45) is 11.3 Å². The van der Waals surface area contributed by atoms with Gasteiger partial charge in [0.05, 0.1) is 18.2 Å². The van der Waals surface area contributed by atoms with Gasteiger partial charge in [-0.2, -0.15) is 0 Å². The molecule has 0 radical (unpaired) electrons. The number of hydrogen-bond acceptors (Lipinski definition) is 8. The normalized spacial score (nSPS) is 21.0. The molecule has 8 nitrogen and oxygen atoms in total. The fourth-order valence-corrected chi connectivity index (χ4v) is 7.17. The van der Waals surface area contributed by atoms with E-state index in [1.165, 1.54) is 18.2 Å². The van der Waals surface area contributed by atoms with E-state index < -0.39 is 5.60 Å². The summed E-state index contributed by atoms with van der Waals surface area (Å²) in [7, 11) is 1.47. The molecule has 42 heavy (non-hydrogen) atoms. The molecule has 3 aliphatic rings. The number of anilines is 1. The van der Waals surface area contributed by atoms with Gasteiger partial charge >= 0.3 is 12.1 Å². The Morgan fingerprint density at radius 1 is 1.17 bits per heavy atom. The lowest BCUT2D eigenvalue weighted by Gasteiger charge is -2.32. The number of amides is 1. The van der Waals surface area contributed by atoms with E-state index in [0.717, 1.165) is 58.2 Å². The minimum atomic E-state index is -0.509. The molecule has 9 heteroatoms. The Morgan fingerprint density at radius 2 is 1.98 bits per heavy atom. The summed E-state index contributed by atoms with van der Waals surface area (Å²) in [6.45, 7) is 13.0. The fourth-order valence-electron chi connectivity index (χ4n) is 6.33. The van der Waals surface area contributed by atoms with Crippen LogP contribution in [0.15, 0.2) is 35.7 Å². The van der Waals surface area contributed by atoms with Gasteiger partial charge in [0.2, 0.25) is 0 Å². The maximum absolute atomic E-state index is 12.6. The maximum Gasteiger partial charge on any atom is 0.410 e. The van der Waals surface area contributed by atoms with Crippen molar-refractivity contribution < 1.29 is 23.8 Å². The highest BCUT2D eigenvalue weighted by atomic mass is 32.1. The number of thiazole rings is 1. The molecule has 6 rings (SSSR count). The Balaban J connectivity index is 1.16. The van der Waals surface area contributed by atoms with Crippen LogP contribution in [-0.4, -0.2) is 54.3 Å². The van der Waals surface area contributed by atoms with E-state index in [1.54, 1.807) is 16.2 Å². The second-order valence-electron chi connectivity index (χ2n) is 12.9. The molecule has 1 amide bonds. The van der Waals surface area contributed by atoms with Crippen LogP contribution < -0.4 is 9.64 Å². The summed E-state index contributed by atoms with van der Waals surface area (Å²) in [5.41, 5.74) is 6.93. The molecule has 2 fully saturated rings. The fraction of sp³-hybridized carbons (Fsp3) is 0.485. The summed E-state index contributed by atoms with van der Waals surface area (Å²) in [6.07, 6.45) is 1.44. The zero-order chi connectivity index (χ0) is 29.8. The van der Waals surface area contributed by atoms with Crippen LogP contribution in [0.25, 0.3) is 11.3 Å². The van der Waals surface area contributed by atoms with E-state index in [0.29, 0.717) is 32.2 Å². The molecule has 2 aliphatic heterocycles. The molecule has 1 aliphatic carbocycles. The molecule has 3 aromatic rings. The number of esters is 1. The maximum atomic E-state index is 12.6. The summed E-state index contributed by atoms with van der Waals surface area (Å²) in [5.74, 6) is 1.05. The van der Waals surface area contributed by atoms with E-state index >= 15 is 0 Å². The summed E-state index contributed by atoms with van der Waals surface area (Å²) in [5, 5.41) is 3.01. The van der Waals surface area contributed by atoms with Crippen LogP contribution in [0.5, 0.6) is 5.75 Å². The van der Waals surface area contributed by atoms with Crippen LogP contribution >= 0.6 is 11.3 Å². The van der Waals surface area contributed by atoms with Gasteiger partial charge in [0.1, 0.15) is 18.0 Å². The number of ether oxygens (including phenoxy) is 3. The molecule has 1 saturated heterocycles. The summed E-state index contributed by atoms with van der Waals surface area (Å²) in [4.78, 5) is 33.9. The van der Waals surface area contributed by atoms with Gasteiger partial charge in [-0.15, -0.1) is 11.3 Å². The molecule has 1 aromatic heterocycles. The van der Waals surface area contributed by atoms with Gasteiger partial charge in [0.25, 0.3) is 0 Å². The number of benzene rings is 2. The Labute approximate surface area is 251 Å². The Bertz CT molecular complexity index is 1540. The van der Waals surface area contributed by atoms with Crippen LogP contribution in [0.2, 0.25) is 0 Å². The zero-order valence-electron chi connectivity index (χ0n) is 25.3. The summed E-state index contributed by atoms with van der Waals surface area (Å²) in [6, 6.07) is 10.4. The highest BCUT2D eigenvalue weighted by Gasteiger charge is 2.66. The molecule has 1 saturated carbocycles. The smallest absolute Gasteiger partial charge is 0.410 e. The number of methoxy groups -OCH3 is 1. The average molecular weight is 590 g/mol. The van der Waals surface area contributed by atoms with Crippen molar-refractivity contribution in [1.29, 1.82) is 0 Å². The Kier molecular flexibility index (Phi) is 7.20. The van der Waals surface area contributed by atoms with Crippen LogP contribution in [0.1, 0.15) is 55.0 Å². The van der Waals surface area contributed by atoms with Gasteiger partial charge < -0.3 is 24.0 Å². The third-order valence-corrected chi connectivity index (χ3v) is 9.65. The molecule has 0 unspecified atom stereocenters. The van der Waals surface area contributed by atoms with Crippen LogP contribution in [0, 0.1) is 25.2 Å². The molecule has 222 valence electrons. The Morgan fingerprint density at radius 3 is 2.74 bits per heavy atom. The van der Waals surface area contributed by atoms with Gasteiger partial charge in [-0.3, -0.25) is 4.79 Å². The molecular formula is C33H39N3O5S. The predicted molar refractivity (Wildman–Crippen MR) is 163 cm³/mol. The predicted octanol–water partition coefficient (Wildman–Crippen LogP) is 6.30. The number of fused-ring (bicyclic) bond motifs is 2. The van der Waals surface area contributed by atoms with Crippen molar-refractivity contribution in [3.63, 3.8) is 0 Å². The first-order valence-electron chi connectivity index (χ1n) is 14.6. The number of piperidine rings is 1. The molecule has 3 heterocycles. The van der Waals surface area contributed by atoms with Gasteiger partial charge in [-0.25, -0.2) is 9.78 Å². The highest BCUT2D eigenvalue weighted by Crippen LogP contribution is 2.59. The quantitative estimate of drug-likeness (QED) is 0.312. The number of nitrogens with zero attached hydrogens (tertiary/aromatic N) is 3. The minimum Gasteiger partial charge on any atom is -0.488 e. The largest absolute Gasteiger partial charge is 0.488 e. The summed E-state index contributed by atoms with van der Waals surface area (Å²) >= 11 is 1.60. The number of aromatic nitrogens is 1. The first kappa shape index (κ1) is 28.5. The molecule has 2 atom stereocenters. The average Bonchev–Trinajstić information content (AvgIpc) is 3.27. The molecular weight excluding hydrogens is 550 g/mol. The lowest BCUT2D eigenvalue weighted by atomic mass is 9.92. The number of rotatable bonds is 6. The van der Waals surface area contributed by atoms with E-state index in [2.05, 4.69) is 48.4 Å². The SMILES string of the molecule is COC(=O)[C@]12C[C@H]1CN(c1nc(-c3cc(C)ccc3OCc3ccc4c(c3C)CCN(C(=O)OC(C)(C)C)C4)cs1)C2. The van der Waals surface area contributed by atoms with E-state index in [1.807, 2.05) is 26.8 Å². The van der Waals surface area contributed by atoms with E-state index in [-0.39, 0.29) is 17.5 Å². The number of aryl methyl sites for hydroxylation is 1. The Hall–Kier alpha value is -3.59. The topological polar surface area (TPSA) is 81.2 Å². The van der Waals surface area contributed by atoms with E-state index in [9.17, 15) is 9.59 Å². The second kappa shape index (κ2) is 10.6. The number of carbonyl (C=O) groups is 2. The third kappa shape index (κ3) is 5.35. The van der Waals surface area contributed by atoms with Crippen molar-refractivity contribution >= 4 is 28.5 Å². The lowest BCUT2D eigenvalue weighted by molar-refractivity contribution is -0.146. The van der Waals surface area contributed by atoms with Crippen LogP contribution in [-0.2, 0) is 33.8 Å². The first-order chi connectivity index (χ1) is 20.0. The minimum absolute atomic E-state index is 0.0982. The molecule has 0 bridgehead atoms. The second-order valence-corrected chi connectivity index (χ2v) is 13.7. The van der Waals surface area contributed by atoms with Crippen LogP contribution in [0.3, 0.4) is 0 Å². The van der Waals surface area contributed by atoms with Crippen LogP contribution in [0.4, 0.5) is 9.93 Å². The van der Waals surface area contributed by atoms with Gasteiger partial charge in [-0.05, 0) is 87.8 Å². The van der Waals surface area contributed by atoms with Crippen molar-refractivity contribution in [2.75, 3.05) is 31.6 Å². The monoisotopic (exact) mass is 589 g/mol. The van der Waals surface area contributed by atoms with Crippen molar-refractivity contribution in [3.05, 3.63) is 63.5 Å². The molecule has 0 N–H and O–H groups in total. The van der Waals surface area contributed by atoms with Crippen molar-refractivity contribution in [1.82, 2.24) is 9.88 Å². The number of hydrogen-bond donors (Lipinski definition) is 0. The standard InChI is InChI=1S/C33H39N3O5S/c1-20-7-10-28(26(13-20)27-18-42-30(34-27)36-16-24-14-33(24,19-36)29(37)39-6)40-17-23-9-8-22-15-35(12-11-25(22)21(23)2)31(38)41-32(3,4)5/h7-10,13,18,24H,11-12,14-17,19H2,1-6H3/t24-,33-/m0/s1. The van der Waals surface area contributed by atoms with Crippen molar-refractivity contribution in [3.8, 4) is 17.0 Å².